The average Bonchev–Trinajstić information content (AvgIpc) is 3.12. The van der Waals surface area contributed by atoms with Crippen molar-refractivity contribution in [1.29, 1.82) is 0 Å². The van der Waals surface area contributed by atoms with Crippen LogP contribution in [0.3, 0.4) is 0 Å². The predicted octanol–water partition coefficient (Wildman–Crippen LogP) is 6.68. The quantitative estimate of drug-likeness (QED) is 0.110. The zero-order valence-corrected chi connectivity index (χ0v) is 27.0. The van der Waals surface area contributed by atoms with E-state index >= 15 is 0 Å². The number of fused-ring (bicyclic) bond motifs is 3. The molecule has 6 aromatic carbocycles. The predicted molar refractivity (Wildman–Crippen MR) is 189 cm³/mol. The van der Waals surface area contributed by atoms with Crippen molar-refractivity contribution in [2.45, 2.75) is 18.9 Å². The molecule has 0 radical (unpaired) electrons. The van der Waals surface area contributed by atoms with Crippen molar-refractivity contribution >= 4 is 67.8 Å². The Labute approximate surface area is 287 Å². The van der Waals surface area contributed by atoms with Crippen molar-refractivity contribution in [2.75, 3.05) is 13.2 Å². The summed E-state index contributed by atoms with van der Waals surface area (Å²) < 4.78 is 5.61. The first-order chi connectivity index (χ1) is 23.9. The molecule has 3 amide bonds. The lowest BCUT2D eigenvalue weighted by molar-refractivity contribution is -0.132. The average molecular weight is 674 g/mol. The molecular weight excluding hydrogens is 642 g/mol. The minimum Gasteiger partial charge on any atom is -0.449 e. The molecule has 0 saturated carbocycles. The molecule has 10 heteroatoms. The maximum atomic E-state index is 13.4. The smallest absolute Gasteiger partial charge is 0.407 e. The molecule has 0 bridgehead atoms. The van der Waals surface area contributed by atoms with Gasteiger partial charge in [0.15, 0.2) is 0 Å². The van der Waals surface area contributed by atoms with Gasteiger partial charge in [-0.25, -0.2) is 9.59 Å². The van der Waals surface area contributed by atoms with E-state index in [1.165, 1.54) is 24.3 Å². The molecule has 49 heavy (non-hydrogen) atoms. The Hall–Kier alpha value is -5.93. The van der Waals surface area contributed by atoms with Crippen LogP contribution in [0.4, 0.5) is 4.79 Å². The first-order valence-electron chi connectivity index (χ1n) is 15.7. The van der Waals surface area contributed by atoms with Gasteiger partial charge in [0, 0.05) is 17.9 Å². The van der Waals surface area contributed by atoms with Crippen molar-refractivity contribution < 1.29 is 28.8 Å². The van der Waals surface area contributed by atoms with E-state index in [1.807, 2.05) is 72.2 Å². The highest BCUT2D eigenvalue weighted by Gasteiger charge is 2.24. The monoisotopic (exact) mass is 673 g/mol. The highest BCUT2D eigenvalue weighted by molar-refractivity contribution is 6.30. The number of halogens is 1. The van der Waals surface area contributed by atoms with Gasteiger partial charge >= 0.3 is 12.1 Å². The number of hydroxylamine groups is 1. The van der Waals surface area contributed by atoms with E-state index in [-0.39, 0.29) is 18.6 Å². The summed E-state index contributed by atoms with van der Waals surface area (Å²) in [7, 11) is 0. The van der Waals surface area contributed by atoms with Crippen molar-refractivity contribution in [1.82, 2.24) is 16.1 Å². The first-order valence-corrected chi connectivity index (χ1v) is 16.1. The Morgan fingerprint density at radius 1 is 0.694 bits per heavy atom. The van der Waals surface area contributed by atoms with Crippen LogP contribution in [0.2, 0.25) is 5.02 Å². The molecule has 6 rings (SSSR count). The van der Waals surface area contributed by atoms with E-state index < -0.39 is 36.5 Å². The van der Waals surface area contributed by atoms with Crippen LogP contribution in [0.1, 0.15) is 21.5 Å². The van der Waals surface area contributed by atoms with Gasteiger partial charge in [0.05, 0.1) is 18.7 Å². The molecule has 0 heterocycles. The van der Waals surface area contributed by atoms with Gasteiger partial charge in [-0.3, -0.25) is 9.59 Å². The number of hydrogen-bond acceptors (Lipinski definition) is 6. The molecule has 6 aromatic rings. The highest BCUT2D eigenvalue weighted by atomic mass is 35.5. The van der Waals surface area contributed by atoms with Gasteiger partial charge in [-0.05, 0) is 73.8 Å². The summed E-state index contributed by atoms with van der Waals surface area (Å²) in [5, 5.41) is 11.9. The van der Waals surface area contributed by atoms with E-state index in [1.54, 1.807) is 0 Å². The Morgan fingerprint density at radius 2 is 1.31 bits per heavy atom. The first kappa shape index (κ1) is 33.0. The van der Waals surface area contributed by atoms with Crippen LogP contribution in [0, 0.1) is 0 Å². The summed E-state index contributed by atoms with van der Waals surface area (Å²) in [5.41, 5.74) is 4.09. The van der Waals surface area contributed by atoms with Gasteiger partial charge in [0.1, 0.15) is 6.04 Å². The number of hydrogen-bond donors (Lipinski definition) is 3. The van der Waals surface area contributed by atoms with Crippen LogP contribution in [0.5, 0.6) is 0 Å². The SMILES string of the molecule is O=C(CNC(=O)[C@H](Cc1cccc2ccccc12)NC(=O)OCCc1c2ccccc2cc2ccccc12)NOC(=O)c1ccc(Cl)cc1. The molecule has 0 aromatic heterocycles. The van der Waals surface area contributed by atoms with Gasteiger partial charge in [-0.1, -0.05) is 103 Å². The third kappa shape index (κ3) is 8.14. The summed E-state index contributed by atoms with van der Waals surface area (Å²) in [4.78, 5) is 56.1. The summed E-state index contributed by atoms with van der Waals surface area (Å²) in [6.07, 6.45) is -0.181. The lowest BCUT2D eigenvalue weighted by atomic mass is 9.95. The van der Waals surface area contributed by atoms with Crippen LogP contribution in [0.25, 0.3) is 32.3 Å². The van der Waals surface area contributed by atoms with Crippen LogP contribution < -0.4 is 16.1 Å². The van der Waals surface area contributed by atoms with Crippen LogP contribution in [0.15, 0.2) is 121 Å². The number of carbonyl (C=O) groups excluding carboxylic acids is 4. The normalized spacial score (nSPS) is 11.5. The number of rotatable bonds is 10. The van der Waals surface area contributed by atoms with Gasteiger partial charge in [0.2, 0.25) is 5.91 Å². The largest absolute Gasteiger partial charge is 0.449 e. The van der Waals surface area contributed by atoms with Gasteiger partial charge < -0.3 is 20.2 Å². The molecule has 9 nitrogen and oxygen atoms in total. The second-order valence-electron chi connectivity index (χ2n) is 11.4. The topological polar surface area (TPSA) is 123 Å². The van der Waals surface area contributed by atoms with Gasteiger partial charge in [0.25, 0.3) is 5.91 Å². The number of nitrogens with one attached hydrogen (secondary N) is 3. The van der Waals surface area contributed by atoms with E-state index in [0.29, 0.717) is 11.4 Å². The molecule has 0 aliphatic carbocycles. The number of amides is 3. The molecule has 0 unspecified atom stereocenters. The molecule has 0 saturated heterocycles. The zero-order valence-electron chi connectivity index (χ0n) is 26.3. The Bertz CT molecular complexity index is 2110. The molecular formula is C39H32ClN3O6. The maximum Gasteiger partial charge on any atom is 0.407 e. The minimum atomic E-state index is -1.08. The molecule has 3 N–H and O–H groups in total. The Morgan fingerprint density at radius 3 is 2.00 bits per heavy atom. The lowest BCUT2D eigenvalue weighted by Crippen LogP contribution is -2.50. The highest BCUT2D eigenvalue weighted by Crippen LogP contribution is 2.29. The molecule has 1 atom stereocenters. The van der Waals surface area contributed by atoms with Crippen LogP contribution >= 0.6 is 11.6 Å². The molecule has 0 aliphatic heterocycles. The summed E-state index contributed by atoms with van der Waals surface area (Å²) in [6, 6.07) is 36.6. The van der Waals surface area contributed by atoms with Crippen molar-refractivity contribution in [3.63, 3.8) is 0 Å². The van der Waals surface area contributed by atoms with E-state index in [0.717, 1.165) is 43.4 Å². The minimum absolute atomic E-state index is 0.0772. The fourth-order valence-electron chi connectivity index (χ4n) is 5.78. The Balaban J connectivity index is 1.11. The van der Waals surface area contributed by atoms with Gasteiger partial charge in [-0.15, -0.1) is 0 Å². The number of alkyl carbamates (subject to hydrolysis) is 1. The van der Waals surface area contributed by atoms with Crippen molar-refractivity contribution in [2.24, 2.45) is 0 Å². The van der Waals surface area contributed by atoms with Crippen LogP contribution in [-0.4, -0.2) is 43.1 Å². The molecule has 0 spiro atoms. The number of carbonyl (C=O) groups is 4. The fourth-order valence-corrected chi connectivity index (χ4v) is 5.91. The van der Waals surface area contributed by atoms with Gasteiger partial charge in [-0.2, -0.15) is 5.48 Å². The lowest BCUT2D eigenvalue weighted by Gasteiger charge is -2.19. The summed E-state index contributed by atoms with van der Waals surface area (Å²) >= 11 is 5.84. The summed E-state index contributed by atoms with van der Waals surface area (Å²) in [5.74, 6) is -2.19. The van der Waals surface area contributed by atoms with E-state index in [4.69, 9.17) is 21.2 Å². The van der Waals surface area contributed by atoms with Crippen molar-refractivity contribution in [3.05, 3.63) is 143 Å². The Kier molecular flexibility index (Phi) is 10.3. The van der Waals surface area contributed by atoms with E-state index in [9.17, 15) is 19.2 Å². The molecule has 246 valence electrons. The number of ether oxygens (including phenoxy) is 1. The third-order valence-electron chi connectivity index (χ3n) is 8.14. The second kappa shape index (κ2) is 15.3. The van der Waals surface area contributed by atoms with Crippen molar-refractivity contribution in [3.8, 4) is 0 Å². The second-order valence-corrected chi connectivity index (χ2v) is 11.8. The summed E-state index contributed by atoms with van der Waals surface area (Å²) in [6.45, 7) is -0.433. The molecule has 0 fully saturated rings. The zero-order chi connectivity index (χ0) is 34.2. The molecule has 0 aliphatic rings. The van der Waals surface area contributed by atoms with E-state index in [2.05, 4.69) is 41.0 Å². The number of benzene rings is 6. The fraction of sp³-hybridized carbons (Fsp3) is 0.128. The maximum absolute atomic E-state index is 13.4. The third-order valence-corrected chi connectivity index (χ3v) is 8.39. The van der Waals surface area contributed by atoms with Crippen LogP contribution in [-0.2, 0) is 32.0 Å². The standard InChI is InChI=1S/C39H32ClN3O6/c40-30-18-16-26(17-19-30)38(46)49-43-36(44)24-41-37(45)35(23-29-12-7-11-25-8-1-4-13-31(25)29)42-39(47)48-21-20-34-32-14-5-2-9-27(32)22-28-10-3-6-15-33(28)34/h1-19,22,35H,20-21,23-24H2,(H,41,45)(H,42,47)(H,43,44)/t35-/m0/s1.